The summed E-state index contributed by atoms with van der Waals surface area (Å²) in [5.41, 5.74) is 0.950. The van der Waals surface area contributed by atoms with E-state index in [9.17, 15) is 4.79 Å². The van der Waals surface area contributed by atoms with Gasteiger partial charge in [0.15, 0.2) is 0 Å². The summed E-state index contributed by atoms with van der Waals surface area (Å²) in [6, 6.07) is 15.2. The van der Waals surface area contributed by atoms with E-state index in [0.717, 1.165) is 19.4 Å². The highest BCUT2D eigenvalue weighted by Crippen LogP contribution is 2.18. The number of esters is 1. The van der Waals surface area contributed by atoms with Crippen molar-refractivity contribution in [3.05, 3.63) is 59.7 Å². The van der Waals surface area contributed by atoms with E-state index in [1.54, 1.807) is 48.5 Å². The van der Waals surface area contributed by atoms with Gasteiger partial charge in [-0.25, -0.2) is 4.79 Å². The van der Waals surface area contributed by atoms with Crippen molar-refractivity contribution in [3.8, 4) is 17.6 Å². The number of nitriles is 1. The first-order chi connectivity index (χ1) is 11.7. The molecule has 1 heterocycles. The first-order valence-corrected chi connectivity index (χ1v) is 7.81. The summed E-state index contributed by atoms with van der Waals surface area (Å²) in [7, 11) is 0. The molecule has 0 saturated carbocycles. The molecule has 1 saturated heterocycles. The van der Waals surface area contributed by atoms with Crippen LogP contribution in [0.4, 0.5) is 0 Å². The number of carbonyl (C=O) groups is 1. The summed E-state index contributed by atoms with van der Waals surface area (Å²) in [5, 5.41) is 8.75. The van der Waals surface area contributed by atoms with Gasteiger partial charge >= 0.3 is 5.97 Å². The van der Waals surface area contributed by atoms with E-state index in [4.69, 9.17) is 19.5 Å². The van der Waals surface area contributed by atoms with Crippen LogP contribution in [0.25, 0.3) is 0 Å². The molecule has 0 radical (unpaired) electrons. The highest BCUT2D eigenvalue weighted by molar-refractivity contribution is 5.91. The molecule has 0 bridgehead atoms. The zero-order valence-corrected chi connectivity index (χ0v) is 13.1. The largest absolute Gasteiger partial charge is 0.491 e. The summed E-state index contributed by atoms with van der Waals surface area (Å²) in [6.07, 6.45) is 2.26. The lowest BCUT2D eigenvalue weighted by Crippen LogP contribution is -2.16. The van der Waals surface area contributed by atoms with Gasteiger partial charge in [0.25, 0.3) is 0 Å². The fourth-order valence-electron chi connectivity index (χ4n) is 2.42. The molecule has 3 rings (SSSR count). The SMILES string of the molecule is N#Cc1ccc(OC(=O)c2ccc(OCC3CCCO3)cc2)cc1. The number of hydrogen-bond acceptors (Lipinski definition) is 5. The molecule has 0 spiro atoms. The predicted molar refractivity (Wildman–Crippen MR) is 87.0 cm³/mol. The van der Waals surface area contributed by atoms with Crippen LogP contribution >= 0.6 is 0 Å². The molecule has 0 aromatic heterocycles. The van der Waals surface area contributed by atoms with Gasteiger partial charge < -0.3 is 14.2 Å². The van der Waals surface area contributed by atoms with E-state index >= 15 is 0 Å². The molecule has 0 aliphatic carbocycles. The Kier molecular flexibility index (Phi) is 5.09. The molecule has 1 fully saturated rings. The van der Waals surface area contributed by atoms with Crippen LogP contribution < -0.4 is 9.47 Å². The Labute approximate surface area is 140 Å². The van der Waals surface area contributed by atoms with Crippen LogP contribution in [-0.4, -0.2) is 25.3 Å². The van der Waals surface area contributed by atoms with Crippen LogP contribution in [0.1, 0.15) is 28.8 Å². The molecule has 0 amide bonds. The van der Waals surface area contributed by atoms with Crippen LogP contribution in [0, 0.1) is 11.3 Å². The molecule has 1 unspecified atom stereocenters. The van der Waals surface area contributed by atoms with Crippen LogP contribution in [0.15, 0.2) is 48.5 Å². The molecule has 0 N–H and O–H groups in total. The standard InChI is InChI=1S/C19H17NO4/c20-12-14-3-7-17(8-4-14)24-19(21)15-5-9-16(10-6-15)23-13-18-2-1-11-22-18/h3-10,18H,1-2,11,13H2. The van der Waals surface area contributed by atoms with Crippen molar-refractivity contribution in [2.24, 2.45) is 0 Å². The highest BCUT2D eigenvalue weighted by atomic mass is 16.5. The molecule has 5 heteroatoms. The maximum atomic E-state index is 12.1. The van der Waals surface area contributed by atoms with Crippen molar-refractivity contribution in [1.29, 1.82) is 5.26 Å². The number of carbonyl (C=O) groups excluding carboxylic acids is 1. The van der Waals surface area contributed by atoms with Crippen molar-refractivity contribution in [1.82, 2.24) is 0 Å². The number of rotatable bonds is 5. The van der Waals surface area contributed by atoms with Crippen molar-refractivity contribution in [2.45, 2.75) is 18.9 Å². The molecule has 1 aliphatic rings. The molecule has 5 nitrogen and oxygen atoms in total. The number of benzene rings is 2. The second-order valence-electron chi connectivity index (χ2n) is 5.50. The lowest BCUT2D eigenvalue weighted by molar-refractivity contribution is 0.0678. The van der Waals surface area contributed by atoms with Crippen LogP contribution in [0.2, 0.25) is 0 Å². The van der Waals surface area contributed by atoms with Gasteiger partial charge in [-0.2, -0.15) is 5.26 Å². The summed E-state index contributed by atoms with van der Waals surface area (Å²) in [6.45, 7) is 1.32. The second-order valence-corrected chi connectivity index (χ2v) is 5.50. The fourth-order valence-corrected chi connectivity index (χ4v) is 2.42. The van der Waals surface area contributed by atoms with Crippen molar-refractivity contribution >= 4 is 5.97 Å². The summed E-state index contributed by atoms with van der Waals surface area (Å²) < 4.78 is 16.4. The maximum absolute atomic E-state index is 12.1. The van der Waals surface area contributed by atoms with Crippen molar-refractivity contribution < 1.29 is 19.0 Å². The molecule has 2 aromatic rings. The molecule has 2 aromatic carbocycles. The summed E-state index contributed by atoms with van der Waals surface area (Å²) in [5.74, 6) is 0.642. The Morgan fingerprint density at radius 3 is 2.46 bits per heavy atom. The Hall–Kier alpha value is -2.84. The first kappa shape index (κ1) is 16.0. The fraction of sp³-hybridized carbons (Fsp3) is 0.263. The van der Waals surface area contributed by atoms with Gasteiger partial charge in [0.2, 0.25) is 0 Å². The zero-order chi connectivity index (χ0) is 16.8. The van der Waals surface area contributed by atoms with Crippen LogP contribution in [0.5, 0.6) is 11.5 Å². The Balaban J connectivity index is 1.55. The van der Waals surface area contributed by atoms with E-state index in [2.05, 4.69) is 0 Å². The average Bonchev–Trinajstić information content (AvgIpc) is 3.14. The van der Waals surface area contributed by atoms with E-state index in [1.165, 1.54) is 0 Å². The third-order valence-corrected chi connectivity index (χ3v) is 3.74. The quantitative estimate of drug-likeness (QED) is 0.623. The van der Waals surface area contributed by atoms with Gasteiger partial charge in [-0.1, -0.05) is 0 Å². The van der Waals surface area contributed by atoms with E-state index in [-0.39, 0.29) is 6.10 Å². The lowest BCUT2D eigenvalue weighted by atomic mass is 10.2. The highest BCUT2D eigenvalue weighted by Gasteiger charge is 2.16. The third-order valence-electron chi connectivity index (χ3n) is 3.74. The maximum Gasteiger partial charge on any atom is 0.343 e. The zero-order valence-electron chi connectivity index (χ0n) is 13.1. The van der Waals surface area contributed by atoms with E-state index < -0.39 is 5.97 Å². The summed E-state index contributed by atoms with van der Waals surface area (Å²) in [4.78, 5) is 12.1. The normalized spacial score (nSPS) is 16.4. The minimum Gasteiger partial charge on any atom is -0.491 e. The molecular formula is C19H17NO4. The number of hydrogen-bond donors (Lipinski definition) is 0. The molecule has 122 valence electrons. The van der Waals surface area contributed by atoms with Crippen LogP contribution in [-0.2, 0) is 4.74 Å². The number of nitrogens with zero attached hydrogens (tertiary/aromatic N) is 1. The monoisotopic (exact) mass is 323 g/mol. The topological polar surface area (TPSA) is 68.5 Å². The minimum atomic E-state index is -0.453. The van der Waals surface area contributed by atoms with Gasteiger partial charge in [-0.15, -0.1) is 0 Å². The van der Waals surface area contributed by atoms with Gasteiger partial charge in [0.05, 0.1) is 23.3 Å². The Bertz CT molecular complexity index is 725. The number of ether oxygens (including phenoxy) is 3. The van der Waals surface area contributed by atoms with Crippen molar-refractivity contribution in [2.75, 3.05) is 13.2 Å². The Morgan fingerprint density at radius 2 is 1.83 bits per heavy atom. The van der Waals surface area contributed by atoms with Gasteiger partial charge in [0.1, 0.15) is 18.1 Å². The molecular weight excluding hydrogens is 306 g/mol. The summed E-state index contributed by atoms with van der Waals surface area (Å²) >= 11 is 0. The third kappa shape index (κ3) is 4.12. The first-order valence-electron chi connectivity index (χ1n) is 7.81. The molecule has 1 aliphatic heterocycles. The smallest absolute Gasteiger partial charge is 0.343 e. The molecule has 1 atom stereocenters. The van der Waals surface area contributed by atoms with Gasteiger partial charge in [-0.3, -0.25) is 0 Å². The predicted octanol–water partition coefficient (Wildman–Crippen LogP) is 3.34. The lowest BCUT2D eigenvalue weighted by Gasteiger charge is -2.11. The van der Waals surface area contributed by atoms with Gasteiger partial charge in [-0.05, 0) is 61.4 Å². The second kappa shape index (κ2) is 7.62. The van der Waals surface area contributed by atoms with E-state index in [0.29, 0.717) is 29.2 Å². The Morgan fingerprint density at radius 1 is 1.12 bits per heavy atom. The van der Waals surface area contributed by atoms with Crippen LogP contribution in [0.3, 0.4) is 0 Å². The minimum absolute atomic E-state index is 0.158. The van der Waals surface area contributed by atoms with Crippen molar-refractivity contribution in [3.63, 3.8) is 0 Å². The average molecular weight is 323 g/mol. The van der Waals surface area contributed by atoms with E-state index in [1.807, 2.05) is 6.07 Å². The van der Waals surface area contributed by atoms with Gasteiger partial charge in [0, 0.05) is 6.61 Å². The molecule has 24 heavy (non-hydrogen) atoms.